The van der Waals surface area contributed by atoms with Gasteiger partial charge in [0.1, 0.15) is 0 Å². The standard InChI is InChI=1S/C14H22ClNS/c1-4-11(2)16-9-12(3)17-10-13-7-5-6-8-14(13)15/h5-8,11-12,16H,4,9-10H2,1-3H3. The Balaban J connectivity index is 2.28. The first-order valence-electron chi connectivity index (χ1n) is 6.21. The lowest BCUT2D eigenvalue weighted by Gasteiger charge is -2.16. The highest BCUT2D eigenvalue weighted by Crippen LogP contribution is 2.23. The van der Waals surface area contributed by atoms with Crippen LogP contribution in [0.5, 0.6) is 0 Å². The van der Waals surface area contributed by atoms with Crippen LogP contribution in [0.2, 0.25) is 5.02 Å². The summed E-state index contributed by atoms with van der Waals surface area (Å²) in [7, 11) is 0. The zero-order valence-electron chi connectivity index (χ0n) is 10.9. The predicted octanol–water partition coefficient (Wildman–Crippen LogP) is 4.35. The molecule has 0 bridgehead atoms. The first-order valence-corrected chi connectivity index (χ1v) is 7.64. The highest BCUT2D eigenvalue weighted by Gasteiger charge is 2.06. The third-order valence-corrected chi connectivity index (χ3v) is 4.43. The number of hydrogen-bond acceptors (Lipinski definition) is 2. The summed E-state index contributed by atoms with van der Waals surface area (Å²) in [5.41, 5.74) is 1.23. The van der Waals surface area contributed by atoms with Gasteiger partial charge in [0.05, 0.1) is 0 Å². The van der Waals surface area contributed by atoms with Crippen molar-refractivity contribution in [3.63, 3.8) is 0 Å². The molecule has 3 heteroatoms. The van der Waals surface area contributed by atoms with Crippen LogP contribution in [0.4, 0.5) is 0 Å². The Hall–Kier alpha value is -0.180. The molecule has 0 aliphatic heterocycles. The summed E-state index contributed by atoms with van der Waals surface area (Å²) in [4.78, 5) is 0. The van der Waals surface area contributed by atoms with Gasteiger partial charge in [0.15, 0.2) is 0 Å². The average Bonchev–Trinajstić information content (AvgIpc) is 2.35. The van der Waals surface area contributed by atoms with E-state index < -0.39 is 0 Å². The Bertz CT molecular complexity index is 330. The van der Waals surface area contributed by atoms with Gasteiger partial charge in [-0.2, -0.15) is 11.8 Å². The molecule has 17 heavy (non-hydrogen) atoms. The summed E-state index contributed by atoms with van der Waals surface area (Å²) in [6.45, 7) is 7.76. The number of hydrogen-bond donors (Lipinski definition) is 1. The molecule has 0 saturated heterocycles. The van der Waals surface area contributed by atoms with E-state index in [1.165, 1.54) is 12.0 Å². The van der Waals surface area contributed by atoms with E-state index in [2.05, 4.69) is 32.2 Å². The minimum Gasteiger partial charge on any atom is -0.313 e. The molecule has 0 fully saturated rings. The Kier molecular flexibility index (Phi) is 7.02. The maximum atomic E-state index is 6.13. The zero-order valence-corrected chi connectivity index (χ0v) is 12.4. The van der Waals surface area contributed by atoms with E-state index in [1.807, 2.05) is 30.0 Å². The Labute approximate surface area is 114 Å². The van der Waals surface area contributed by atoms with Crippen LogP contribution >= 0.6 is 23.4 Å². The van der Waals surface area contributed by atoms with Gasteiger partial charge in [-0.3, -0.25) is 0 Å². The van der Waals surface area contributed by atoms with Gasteiger partial charge in [-0.15, -0.1) is 0 Å². The molecule has 96 valence electrons. The fraction of sp³-hybridized carbons (Fsp3) is 0.571. The summed E-state index contributed by atoms with van der Waals surface area (Å²) >= 11 is 8.08. The van der Waals surface area contributed by atoms with Gasteiger partial charge in [0, 0.05) is 28.6 Å². The van der Waals surface area contributed by atoms with E-state index in [0.29, 0.717) is 11.3 Å². The lowest BCUT2D eigenvalue weighted by Crippen LogP contribution is -2.30. The number of halogens is 1. The normalized spacial score (nSPS) is 14.6. The van der Waals surface area contributed by atoms with Crippen molar-refractivity contribution in [3.8, 4) is 0 Å². The van der Waals surface area contributed by atoms with E-state index in [1.54, 1.807) is 0 Å². The van der Waals surface area contributed by atoms with Gasteiger partial charge in [0.2, 0.25) is 0 Å². The molecule has 0 radical (unpaired) electrons. The SMILES string of the molecule is CCC(C)NCC(C)SCc1ccccc1Cl. The van der Waals surface area contributed by atoms with E-state index in [9.17, 15) is 0 Å². The molecule has 0 aliphatic rings. The van der Waals surface area contributed by atoms with Crippen LogP contribution in [0.3, 0.4) is 0 Å². The van der Waals surface area contributed by atoms with Gasteiger partial charge in [-0.1, -0.05) is 43.6 Å². The third-order valence-electron chi connectivity index (χ3n) is 2.85. The number of thioether (sulfide) groups is 1. The van der Waals surface area contributed by atoms with E-state index in [4.69, 9.17) is 11.6 Å². The van der Waals surface area contributed by atoms with Crippen molar-refractivity contribution in [1.29, 1.82) is 0 Å². The highest BCUT2D eigenvalue weighted by atomic mass is 35.5. The monoisotopic (exact) mass is 271 g/mol. The molecule has 0 aromatic heterocycles. The maximum Gasteiger partial charge on any atom is 0.0446 e. The molecular formula is C14H22ClNS. The fourth-order valence-corrected chi connectivity index (χ4v) is 2.63. The van der Waals surface area contributed by atoms with Crippen LogP contribution in [0.15, 0.2) is 24.3 Å². The van der Waals surface area contributed by atoms with Gasteiger partial charge < -0.3 is 5.32 Å². The van der Waals surface area contributed by atoms with E-state index in [-0.39, 0.29) is 0 Å². The van der Waals surface area contributed by atoms with Crippen LogP contribution < -0.4 is 5.32 Å². The van der Waals surface area contributed by atoms with Crippen molar-refractivity contribution in [2.45, 2.75) is 44.2 Å². The van der Waals surface area contributed by atoms with Crippen LogP contribution in [-0.4, -0.2) is 17.8 Å². The molecule has 1 rings (SSSR count). The second-order valence-electron chi connectivity index (χ2n) is 4.43. The summed E-state index contributed by atoms with van der Waals surface area (Å²) in [6.07, 6.45) is 1.18. The van der Waals surface area contributed by atoms with Crippen molar-refractivity contribution < 1.29 is 0 Å². The minimum atomic E-state index is 0.610. The topological polar surface area (TPSA) is 12.0 Å². The second kappa shape index (κ2) is 8.02. The molecule has 1 N–H and O–H groups in total. The summed E-state index contributed by atoms with van der Waals surface area (Å²) in [5.74, 6) is 0.989. The summed E-state index contributed by atoms with van der Waals surface area (Å²) < 4.78 is 0. The molecule has 1 aromatic rings. The van der Waals surface area contributed by atoms with Gasteiger partial charge >= 0.3 is 0 Å². The Morgan fingerprint density at radius 1 is 1.29 bits per heavy atom. The van der Waals surface area contributed by atoms with E-state index in [0.717, 1.165) is 17.3 Å². The van der Waals surface area contributed by atoms with Crippen LogP contribution in [0.25, 0.3) is 0 Å². The lowest BCUT2D eigenvalue weighted by atomic mass is 10.2. The Morgan fingerprint density at radius 2 is 2.00 bits per heavy atom. The van der Waals surface area contributed by atoms with Crippen molar-refractivity contribution in [3.05, 3.63) is 34.9 Å². The van der Waals surface area contributed by atoms with E-state index >= 15 is 0 Å². The quantitative estimate of drug-likeness (QED) is 0.791. The first kappa shape index (κ1) is 14.9. The molecule has 0 saturated carbocycles. The third kappa shape index (κ3) is 5.80. The number of benzene rings is 1. The summed E-state index contributed by atoms with van der Waals surface area (Å²) in [6, 6.07) is 8.69. The van der Waals surface area contributed by atoms with Crippen LogP contribution in [-0.2, 0) is 5.75 Å². The molecular weight excluding hydrogens is 250 g/mol. The molecule has 0 aliphatic carbocycles. The van der Waals surface area contributed by atoms with Crippen molar-refractivity contribution in [2.24, 2.45) is 0 Å². The molecule has 2 atom stereocenters. The van der Waals surface area contributed by atoms with Crippen molar-refractivity contribution in [2.75, 3.05) is 6.54 Å². The van der Waals surface area contributed by atoms with Crippen molar-refractivity contribution >= 4 is 23.4 Å². The fourth-order valence-electron chi connectivity index (χ4n) is 1.42. The molecule has 0 heterocycles. The predicted molar refractivity (Wildman–Crippen MR) is 80.0 cm³/mol. The largest absolute Gasteiger partial charge is 0.313 e. The van der Waals surface area contributed by atoms with Gasteiger partial charge in [0.25, 0.3) is 0 Å². The van der Waals surface area contributed by atoms with Crippen LogP contribution in [0, 0.1) is 0 Å². The number of rotatable bonds is 7. The first-order chi connectivity index (χ1) is 8.13. The van der Waals surface area contributed by atoms with Crippen molar-refractivity contribution in [1.82, 2.24) is 5.32 Å². The van der Waals surface area contributed by atoms with Crippen LogP contribution in [0.1, 0.15) is 32.8 Å². The molecule has 1 nitrogen and oxygen atoms in total. The van der Waals surface area contributed by atoms with Gasteiger partial charge in [-0.05, 0) is 25.0 Å². The average molecular weight is 272 g/mol. The molecule has 1 aromatic carbocycles. The summed E-state index contributed by atoms with van der Waals surface area (Å²) in [5, 5.41) is 5.02. The zero-order chi connectivity index (χ0) is 12.7. The Morgan fingerprint density at radius 3 is 2.65 bits per heavy atom. The second-order valence-corrected chi connectivity index (χ2v) is 6.26. The minimum absolute atomic E-state index is 0.610. The lowest BCUT2D eigenvalue weighted by molar-refractivity contribution is 0.537. The number of nitrogens with one attached hydrogen (secondary N) is 1. The smallest absolute Gasteiger partial charge is 0.0446 e. The maximum absolute atomic E-state index is 6.13. The molecule has 0 amide bonds. The molecule has 2 unspecified atom stereocenters. The molecule has 0 spiro atoms. The highest BCUT2D eigenvalue weighted by molar-refractivity contribution is 7.99. The van der Waals surface area contributed by atoms with Gasteiger partial charge in [-0.25, -0.2) is 0 Å².